The molecule has 0 amide bonds. The zero-order valence-electron chi connectivity index (χ0n) is 21.1. The Morgan fingerprint density at radius 3 is 1.70 bits per heavy atom. The molecule has 1 heterocycles. The number of hydrogen-bond acceptors (Lipinski definition) is 0. The van der Waals surface area contributed by atoms with Gasteiger partial charge in [-0.2, -0.15) is 0 Å². The molecule has 0 radical (unpaired) electrons. The summed E-state index contributed by atoms with van der Waals surface area (Å²) in [6.45, 7) is 9.35. The molecule has 0 aliphatic heterocycles. The molecule has 0 spiro atoms. The lowest BCUT2D eigenvalue weighted by molar-refractivity contribution is -0.696. The minimum Gasteiger partial charge on any atom is -0.237 e. The van der Waals surface area contributed by atoms with Crippen LogP contribution in [0.5, 0.6) is 0 Å². The van der Waals surface area contributed by atoms with E-state index in [0.29, 0.717) is 0 Å². The third-order valence-electron chi connectivity index (χ3n) is 6.46. The first-order valence-corrected chi connectivity index (χ1v) is 13.8. The van der Waals surface area contributed by atoms with Gasteiger partial charge in [-0.1, -0.05) is 117 Å². The maximum absolute atomic E-state index is 2.39. The molecule has 1 aromatic heterocycles. The van der Waals surface area contributed by atoms with E-state index in [2.05, 4.69) is 48.6 Å². The summed E-state index contributed by atoms with van der Waals surface area (Å²) in [4.78, 5) is 0. The molecule has 2 heteroatoms. The second-order valence-electron chi connectivity index (χ2n) is 10.1. The van der Waals surface area contributed by atoms with Crippen molar-refractivity contribution in [2.45, 2.75) is 156 Å². The Bertz CT molecular complexity index is 463. The molecule has 30 heavy (non-hydrogen) atoms. The first kappa shape index (κ1) is 27.2. The topological polar surface area (TPSA) is 8.81 Å². The molecule has 0 saturated carbocycles. The van der Waals surface area contributed by atoms with Crippen molar-refractivity contribution in [2.75, 3.05) is 0 Å². The molecule has 0 fully saturated rings. The van der Waals surface area contributed by atoms with Crippen molar-refractivity contribution >= 4 is 0 Å². The summed E-state index contributed by atoms with van der Waals surface area (Å²) < 4.78 is 4.78. The number of imidazole rings is 1. The molecule has 2 nitrogen and oxygen atoms in total. The first-order valence-electron chi connectivity index (χ1n) is 13.8. The number of hydrogen-bond donors (Lipinski definition) is 0. The summed E-state index contributed by atoms with van der Waals surface area (Å²) in [6.07, 6.45) is 33.8. The Hall–Kier alpha value is -0.790. The Morgan fingerprint density at radius 2 is 1.13 bits per heavy atom. The molecule has 1 aromatic rings. The molecule has 0 aliphatic rings. The summed E-state index contributed by atoms with van der Waals surface area (Å²) in [7, 11) is 0. The minimum absolute atomic E-state index is 0.871. The zero-order chi connectivity index (χ0) is 21.7. The quantitative estimate of drug-likeness (QED) is 0.131. The molecule has 1 rings (SSSR count). The van der Waals surface area contributed by atoms with Gasteiger partial charge in [0.2, 0.25) is 6.33 Å². The number of nitrogens with zero attached hydrogens (tertiary/aromatic N) is 2. The molecule has 0 aliphatic carbocycles. The van der Waals surface area contributed by atoms with Crippen molar-refractivity contribution in [3.8, 4) is 0 Å². The van der Waals surface area contributed by atoms with Gasteiger partial charge in [0.25, 0.3) is 0 Å². The van der Waals surface area contributed by atoms with Crippen LogP contribution in [-0.2, 0) is 13.1 Å². The van der Waals surface area contributed by atoms with Crippen LogP contribution in [0.15, 0.2) is 18.7 Å². The van der Waals surface area contributed by atoms with Gasteiger partial charge in [-0.05, 0) is 31.6 Å². The lowest BCUT2D eigenvalue weighted by atomic mass is 10.0. The van der Waals surface area contributed by atoms with E-state index >= 15 is 0 Å². The Labute approximate surface area is 189 Å². The highest BCUT2D eigenvalue weighted by Crippen LogP contribution is 2.13. The van der Waals surface area contributed by atoms with E-state index in [0.717, 1.165) is 5.92 Å². The van der Waals surface area contributed by atoms with E-state index in [-0.39, 0.29) is 0 Å². The van der Waals surface area contributed by atoms with Gasteiger partial charge in [-0.25, -0.2) is 9.13 Å². The maximum atomic E-state index is 2.39. The molecular weight excluding hydrogens is 364 g/mol. The van der Waals surface area contributed by atoms with Crippen LogP contribution in [0.1, 0.15) is 143 Å². The number of aromatic nitrogens is 2. The van der Waals surface area contributed by atoms with Crippen molar-refractivity contribution in [3.63, 3.8) is 0 Å². The molecule has 0 aromatic carbocycles. The van der Waals surface area contributed by atoms with Crippen LogP contribution in [-0.4, -0.2) is 4.57 Å². The highest BCUT2D eigenvalue weighted by molar-refractivity contribution is 4.66. The number of rotatable bonds is 22. The van der Waals surface area contributed by atoms with E-state index < -0.39 is 0 Å². The van der Waals surface area contributed by atoms with Crippen molar-refractivity contribution in [1.82, 2.24) is 4.57 Å². The van der Waals surface area contributed by atoms with E-state index in [9.17, 15) is 0 Å². The van der Waals surface area contributed by atoms with E-state index in [1.54, 1.807) is 0 Å². The van der Waals surface area contributed by atoms with Crippen molar-refractivity contribution in [2.24, 2.45) is 5.92 Å². The van der Waals surface area contributed by atoms with Gasteiger partial charge in [0.15, 0.2) is 0 Å². The van der Waals surface area contributed by atoms with Gasteiger partial charge in [0.05, 0.1) is 13.1 Å². The summed E-state index contributed by atoms with van der Waals surface area (Å²) in [5.41, 5.74) is 0. The highest BCUT2D eigenvalue weighted by atomic mass is 15.1. The lowest BCUT2D eigenvalue weighted by Crippen LogP contribution is -2.30. The SMILES string of the molecule is CCCCCCCCCCCCCCCn1cc[n+](CCCCCCCC(C)C)c1. The normalized spacial score (nSPS) is 11.6. The molecular formula is C28H55N2+. The Balaban J connectivity index is 1.86. The fraction of sp³-hybridized carbons (Fsp3) is 0.893. The average Bonchev–Trinajstić information content (AvgIpc) is 3.18. The van der Waals surface area contributed by atoms with Gasteiger partial charge < -0.3 is 0 Å². The van der Waals surface area contributed by atoms with Crippen LogP contribution in [0.2, 0.25) is 0 Å². The van der Waals surface area contributed by atoms with Gasteiger partial charge in [-0.15, -0.1) is 0 Å². The van der Waals surface area contributed by atoms with Crippen LogP contribution in [0, 0.1) is 5.92 Å². The van der Waals surface area contributed by atoms with Gasteiger partial charge in [-0.3, -0.25) is 0 Å². The molecule has 0 atom stereocenters. The largest absolute Gasteiger partial charge is 0.243 e. The van der Waals surface area contributed by atoms with E-state index in [1.165, 1.54) is 135 Å². The Kier molecular flexibility index (Phi) is 18.3. The maximum Gasteiger partial charge on any atom is 0.243 e. The van der Waals surface area contributed by atoms with Crippen LogP contribution >= 0.6 is 0 Å². The summed E-state index contributed by atoms with van der Waals surface area (Å²) >= 11 is 0. The summed E-state index contributed by atoms with van der Waals surface area (Å²) in [5.74, 6) is 0.871. The highest BCUT2D eigenvalue weighted by Gasteiger charge is 2.03. The predicted molar refractivity (Wildman–Crippen MR) is 133 cm³/mol. The van der Waals surface area contributed by atoms with E-state index in [4.69, 9.17) is 0 Å². The fourth-order valence-electron chi connectivity index (χ4n) is 4.39. The molecule has 0 N–H and O–H groups in total. The minimum atomic E-state index is 0.871. The molecule has 176 valence electrons. The van der Waals surface area contributed by atoms with Gasteiger partial charge in [0, 0.05) is 0 Å². The van der Waals surface area contributed by atoms with Crippen molar-refractivity contribution < 1.29 is 4.57 Å². The summed E-state index contributed by atoms with van der Waals surface area (Å²) in [6, 6.07) is 0. The van der Waals surface area contributed by atoms with Crippen molar-refractivity contribution in [1.29, 1.82) is 0 Å². The molecule has 0 unspecified atom stereocenters. The Morgan fingerprint density at radius 1 is 0.633 bits per heavy atom. The molecule has 0 bridgehead atoms. The van der Waals surface area contributed by atoms with Crippen LogP contribution < -0.4 is 4.57 Å². The number of unbranched alkanes of at least 4 members (excludes halogenated alkanes) is 16. The van der Waals surface area contributed by atoms with Crippen molar-refractivity contribution in [3.05, 3.63) is 18.7 Å². The van der Waals surface area contributed by atoms with Crippen LogP contribution in [0.25, 0.3) is 0 Å². The van der Waals surface area contributed by atoms with Gasteiger partial charge >= 0.3 is 0 Å². The summed E-state index contributed by atoms with van der Waals surface area (Å²) in [5, 5.41) is 0. The monoisotopic (exact) mass is 419 g/mol. The fourth-order valence-corrected chi connectivity index (χ4v) is 4.39. The van der Waals surface area contributed by atoms with E-state index in [1.807, 2.05) is 0 Å². The molecule has 0 saturated heterocycles. The van der Waals surface area contributed by atoms with Crippen LogP contribution in [0.3, 0.4) is 0 Å². The first-order chi connectivity index (χ1) is 14.7. The van der Waals surface area contributed by atoms with Crippen LogP contribution in [0.4, 0.5) is 0 Å². The third kappa shape index (κ3) is 16.9. The zero-order valence-corrected chi connectivity index (χ0v) is 21.1. The third-order valence-corrected chi connectivity index (χ3v) is 6.46. The standard InChI is InChI=1S/C28H55N2/c1-4-5-6-7-8-9-10-11-12-13-14-17-20-23-29-25-26-30(27-29)24-21-18-15-16-19-22-28(2)3/h25-28H,4-24H2,1-3H3/q+1. The number of aryl methyl sites for hydroxylation is 2. The second kappa shape index (κ2) is 20.1. The predicted octanol–water partition coefficient (Wildman–Crippen LogP) is 8.86. The second-order valence-corrected chi connectivity index (χ2v) is 10.1. The average molecular weight is 420 g/mol. The smallest absolute Gasteiger partial charge is 0.237 e. The lowest BCUT2D eigenvalue weighted by Gasteiger charge is -2.03. The van der Waals surface area contributed by atoms with Gasteiger partial charge in [0.1, 0.15) is 12.4 Å².